The predicted octanol–water partition coefficient (Wildman–Crippen LogP) is 4.97. The predicted molar refractivity (Wildman–Crippen MR) is 111 cm³/mol. The van der Waals surface area contributed by atoms with E-state index in [1.54, 1.807) is 36.4 Å². The number of nitrogens with one attached hydrogen (secondary N) is 2. The summed E-state index contributed by atoms with van der Waals surface area (Å²) in [5.41, 5.74) is 1.16. The molecule has 146 valence electrons. The van der Waals surface area contributed by atoms with Gasteiger partial charge in [0.05, 0.1) is 21.6 Å². The zero-order valence-electron chi connectivity index (χ0n) is 14.8. The number of rotatable bonds is 5. The van der Waals surface area contributed by atoms with Gasteiger partial charge in [-0.3, -0.25) is 4.72 Å². The van der Waals surface area contributed by atoms with Gasteiger partial charge >= 0.3 is 0 Å². The minimum atomic E-state index is -3.97. The van der Waals surface area contributed by atoms with Crippen molar-refractivity contribution in [2.75, 3.05) is 10.0 Å². The molecule has 4 aromatic rings. The van der Waals surface area contributed by atoms with Crippen LogP contribution < -0.4 is 10.0 Å². The van der Waals surface area contributed by atoms with E-state index in [0.29, 0.717) is 16.1 Å². The Labute approximate surface area is 171 Å². The topological polar surface area (TPSA) is 84.0 Å². The Morgan fingerprint density at radius 2 is 1.38 bits per heavy atom. The molecular weight excluding hydrogens is 415 g/mol. The monoisotopic (exact) mass is 428 g/mol. The lowest BCUT2D eigenvalue weighted by Gasteiger charge is -2.14. The van der Waals surface area contributed by atoms with Crippen LogP contribution in [0.5, 0.6) is 0 Å². The van der Waals surface area contributed by atoms with E-state index in [9.17, 15) is 12.8 Å². The summed E-state index contributed by atoms with van der Waals surface area (Å²) in [6.45, 7) is 0. The first-order chi connectivity index (χ1) is 13.9. The van der Waals surface area contributed by atoms with E-state index in [1.807, 2.05) is 0 Å². The number of hydrogen-bond acceptors (Lipinski definition) is 5. The largest absolute Gasteiger partial charge is 0.335 e. The third kappa shape index (κ3) is 4.13. The van der Waals surface area contributed by atoms with E-state index in [-0.39, 0.29) is 22.2 Å². The second kappa shape index (κ2) is 7.65. The maximum atomic E-state index is 14.1. The van der Waals surface area contributed by atoms with Gasteiger partial charge in [-0.05, 0) is 48.5 Å². The Kier molecular flexibility index (Phi) is 5.04. The Morgan fingerprint density at radius 3 is 2.03 bits per heavy atom. The zero-order valence-corrected chi connectivity index (χ0v) is 16.4. The molecule has 2 N–H and O–H groups in total. The molecule has 0 spiro atoms. The van der Waals surface area contributed by atoms with Crippen LogP contribution >= 0.6 is 11.6 Å². The van der Waals surface area contributed by atoms with E-state index < -0.39 is 15.8 Å². The smallest absolute Gasteiger partial charge is 0.263 e. The first-order valence-corrected chi connectivity index (χ1v) is 10.4. The maximum absolute atomic E-state index is 14.1. The molecule has 0 bridgehead atoms. The molecule has 0 atom stereocenters. The Balaban J connectivity index is 1.79. The lowest BCUT2D eigenvalue weighted by Crippen LogP contribution is -2.16. The summed E-state index contributed by atoms with van der Waals surface area (Å²) in [5.74, 6) is -0.484. The molecule has 1 heterocycles. The van der Waals surface area contributed by atoms with Crippen LogP contribution in [0.4, 0.5) is 21.7 Å². The Hall–Kier alpha value is -3.23. The van der Waals surface area contributed by atoms with Crippen LogP contribution in [0.1, 0.15) is 0 Å². The van der Waals surface area contributed by atoms with Gasteiger partial charge < -0.3 is 5.32 Å². The summed E-state index contributed by atoms with van der Waals surface area (Å²) < 4.78 is 42.1. The van der Waals surface area contributed by atoms with Gasteiger partial charge in [0, 0.05) is 5.02 Å². The van der Waals surface area contributed by atoms with Gasteiger partial charge in [0.2, 0.25) is 0 Å². The molecule has 1 aromatic heterocycles. The van der Waals surface area contributed by atoms with Crippen LogP contribution in [0, 0.1) is 5.82 Å². The number of para-hydroxylation sites is 3. The third-order valence-electron chi connectivity index (χ3n) is 4.05. The Bertz CT molecular complexity index is 1300. The van der Waals surface area contributed by atoms with Crippen LogP contribution in [0.3, 0.4) is 0 Å². The highest BCUT2D eigenvalue weighted by molar-refractivity contribution is 7.92. The molecule has 0 radical (unpaired) electrons. The summed E-state index contributed by atoms with van der Waals surface area (Å²) in [6.07, 6.45) is 0. The minimum Gasteiger partial charge on any atom is -0.335 e. The molecule has 0 aliphatic carbocycles. The Morgan fingerprint density at radius 1 is 0.793 bits per heavy atom. The van der Waals surface area contributed by atoms with Gasteiger partial charge in [-0.25, -0.2) is 22.8 Å². The highest BCUT2D eigenvalue weighted by Gasteiger charge is 2.19. The molecule has 0 saturated carbocycles. The number of fused-ring (bicyclic) bond motifs is 1. The van der Waals surface area contributed by atoms with E-state index >= 15 is 0 Å². The first-order valence-electron chi connectivity index (χ1n) is 8.49. The van der Waals surface area contributed by atoms with Crippen molar-refractivity contribution >= 4 is 50.0 Å². The van der Waals surface area contributed by atoms with Gasteiger partial charge in [0.25, 0.3) is 10.0 Å². The van der Waals surface area contributed by atoms with E-state index in [4.69, 9.17) is 11.6 Å². The molecular formula is C20H14ClFN4O2S. The average Bonchev–Trinajstić information content (AvgIpc) is 2.70. The average molecular weight is 429 g/mol. The van der Waals surface area contributed by atoms with Crippen molar-refractivity contribution in [3.8, 4) is 0 Å². The van der Waals surface area contributed by atoms with Gasteiger partial charge in [0.15, 0.2) is 11.6 Å². The number of sulfonamides is 1. The fourth-order valence-electron chi connectivity index (χ4n) is 2.65. The van der Waals surface area contributed by atoms with Gasteiger partial charge in [-0.2, -0.15) is 0 Å². The molecule has 4 rings (SSSR count). The molecule has 3 aromatic carbocycles. The fraction of sp³-hybridized carbons (Fsp3) is 0. The quantitative estimate of drug-likeness (QED) is 0.469. The molecule has 0 amide bonds. The number of nitrogens with zero attached hydrogens (tertiary/aromatic N) is 2. The van der Waals surface area contributed by atoms with Crippen molar-refractivity contribution in [2.45, 2.75) is 4.90 Å². The lowest BCUT2D eigenvalue weighted by molar-refractivity contribution is 0.601. The zero-order chi connectivity index (χ0) is 20.4. The first kappa shape index (κ1) is 19.1. The van der Waals surface area contributed by atoms with Crippen LogP contribution in [-0.2, 0) is 10.0 Å². The van der Waals surface area contributed by atoms with Crippen molar-refractivity contribution in [2.24, 2.45) is 0 Å². The van der Waals surface area contributed by atoms with Crippen LogP contribution in [0.2, 0.25) is 5.02 Å². The molecule has 0 aliphatic heterocycles. The standard InChI is InChI=1S/C20H14ClFN4O2S/c21-13-9-11-14(12-10-13)29(27,28)26-20-19(23-16-6-2-1-5-15(16)22)24-17-7-3-4-8-18(17)25-20/h1-12H,(H,23,24)(H,25,26). The van der Waals surface area contributed by atoms with Gasteiger partial charge in [0.1, 0.15) is 5.82 Å². The summed E-state index contributed by atoms with van der Waals surface area (Å²) in [5, 5.41) is 3.23. The molecule has 6 nitrogen and oxygen atoms in total. The number of halogens is 2. The summed E-state index contributed by atoms with van der Waals surface area (Å²) in [7, 11) is -3.97. The van der Waals surface area contributed by atoms with Gasteiger partial charge in [-0.1, -0.05) is 35.9 Å². The highest BCUT2D eigenvalue weighted by Crippen LogP contribution is 2.28. The maximum Gasteiger partial charge on any atom is 0.263 e. The van der Waals surface area contributed by atoms with Crippen LogP contribution in [-0.4, -0.2) is 18.4 Å². The summed E-state index contributed by atoms with van der Waals surface area (Å²) >= 11 is 5.83. The number of aromatic nitrogens is 2. The van der Waals surface area contributed by atoms with Crippen molar-refractivity contribution in [1.29, 1.82) is 0 Å². The number of benzene rings is 3. The summed E-state index contributed by atoms with van der Waals surface area (Å²) in [6, 6.07) is 18.7. The highest BCUT2D eigenvalue weighted by atomic mass is 35.5. The van der Waals surface area contributed by atoms with E-state index in [0.717, 1.165) is 0 Å². The second-order valence-corrected chi connectivity index (χ2v) is 8.19. The van der Waals surface area contributed by atoms with Crippen molar-refractivity contribution in [3.05, 3.63) is 83.6 Å². The van der Waals surface area contributed by atoms with Crippen molar-refractivity contribution in [1.82, 2.24) is 9.97 Å². The number of hydrogen-bond donors (Lipinski definition) is 2. The van der Waals surface area contributed by atoms with Gasteiger partial charge in [-0.15, -0.1) is 0 Å². The third-order valence-corrected chi connectivity index (χ3v) is 5.66. The second-order valence-electron chi connectivity index (χ2n) is 6.07. The molecule has 0 aliphatic rings. The SMILES string of the molecule is O=S(=O)(Nc1nc2ccccc2nc1Nc1ccccc1F)c1ccc(Cl)cc1. The lowest BCUT2D eigenvalue weighted by atomic mass is 10.3. The van der Waals surface area contributed by atoms with Crippen LogP contribution in [0.15, 0.2) is 77.7 Å². The minimum absolute atomic E-state index is 0.00806. The van der Waals surface area contributed by atoms with Crippen molar-refractivity contribution < 1.29 is 12.8 Å². The molecule has 0 unspecified atom stereocenters. The summed E-state index contributed by atoms with van der Waals surface area (Å²) in [4.78, 5) is 8.79. The molecule has 0 saturated heterocycles. The van der Waals surface area contributed by atoms with E-state index in [2.05, 4.69) is 20.0 Å². The fourth-order valence-corrected chi connectivity index (χ4v) is 3.78. The molecule has 0 fully saturated rings. The molecule has 29 heavy (non-hydrogen) atoms. The number of anilines is 3. The van der Waals surface area contributed by atoms with E-state index in [1.165, 1.54) is 36.4 Å². The van der Waals surface area contributed by atoms with Crippen LogP contribution in [0.25, 0.3) is 11.0 Å². The van der Waals surface area contributed by atoms with Crippen molar-refractivity contribution in [3.63, 3.8) is 0 Å². The normalized spacial score (nSPS) is 11.4. The molecule has 9 heteroatoms.